The molecule has 0 spiro atoms. The number of likely N-dealkylation sites (tertiary alicyclic amines) is 1. The number of hydrogen-bond acceptors (Lipinski definition) is 4. The first-order valence-electron chi connectivity index (χ1n) is 12.1. The predicted molar refractivity (Wildman–Crippen MR) is 134 cm³/mol. The van der Waals surface area contributed by atoms with Crippen molar-refractivity contribution in [3.8, 4) is 22.8 Å². The van der Waals surface area contributed by atoms with Gasteiger partial charge >= 0.3 is 0 Å². The zero-order chi connectivity index (χ0) is 27.7. The number of nitrogens with two attached hydrogens (primary N) is 1. The largest absolute Gasteiger partial charge is 0.457 e. The van der Waals surface area contributed by atoms with E-state index in [1.807, 2.05) is 0 Å². The maximum Gasteiger partial charge on any atom is 0.282 e. The average molecular weight is 542 g/mol. The molecule has 5 rings (SSSR count). The second kappa shape index (κ2) is 10.6. The van der Waals surface area contributed by atoms with Crippen molar-refractivity contribution >= 4 is 17.5 Å². The van der Waals surface area contributed by atoms with Crippen LogP contribution in [0.4, 0.5) is 17.6 Å². The van der Waals surface area contributed by atoms with Crippen molar-refractivity contribution in [2.24, 2.45) is 5.73 Å². The number of allylic oxidation sites excluding steroid dienone is 1. The molecule has 1 saturated heterocycles. The number of amides is 2. The monoisotopic (exact) mass is 541 g/mol. The second-order valence-electron chi connectivity index (χ2n) is 9.07. The quantitative estimate of drug-likeness (QED) is 0.248. The van der Waals surface area contributed by atoms with Crippen molar-refractivity contribution in [2.45, 2.75) is 25.2 Å². The van der Waals surface area contributed by atoms with Crippen molar-refractivity contribution < 1.29 is 31.9 Å². The standard InChI is InChI=1S/C27H23F4N5O3/c28-17-3-7-19(8-4-17)39-18-5-1-16(2-6-18)23-24(25(32)37)36-26(34-23)20(14-33-36)15-9-11-35(12-10-15)27(38)21(29)13-22(30)31/h1-8,13-15,22,34H,9-12H2,(H2,32,37). The number of halogens is 4. The van der Waals surface area contributed by atoms with E-state index >= 15 is 0 Å². The number of carbonyl (C=O) groups excluding carboxylic acids is 2. The van der Waals surface area contributed by atoms with Crippen LogP contribution in [-0.2, 0) is 4.79 Å². The van der Waals surface area contributed by atoms with Crippen molar-refractivity contribution in [3.05, 3.63) is 83.7 Å². The van der Waals surface area contributed by atoms with E-state index in [1.165, 1.54) is 33.7 Å². The van der Waals surface area contributed by atoms with Crippen LogP contribution >= 0.6 is 0 Å². The van der Waals surface area contributed by atoms with E-state index < -0.39 is 24.1 Å². The van der Waals surface area contributed by atoms with Crippen molar-refractivity contribution in [1.82, 2.24) is 19.5 Å². The first kappa shape index (κ1) is 26.0. The number of imidazole rings is 1. The molecular weight excluding hydrogens is 518 g/mol. The summed E-state index contributed by atoms with van der Waals surface area (Å²) >= 11 is 0. The van der Waals surface area contributed by atoms with Crippen molar-refractivity contribution in [2.75, 3.05) is 13.1 Å². The van der Waals surface area contributed by atoms with E-state index in [4.69, 9.17) is 10.5 Å². The minimum absolute atomic E-state index is 0.00297. The lowest BCUT2D eigenvalue weighted by atomic mass is 9.91. The molecule has 12 heteroatoms. The summed E-state index contributed by atoms with van der Waals surface area (Å²) in [6, 6.07) is 12.5. The third-order valence-electron chi connectivity index (χ3n) is 6.61. The normalized spacial score (nSPS) is 14.8. The van der Waals surface area contributed by atoms with Gasteiger partial charge in [-0.15, -0.1) is 0 Å². The minimum Gasteiger partial charge on any atom is -0.457 e. The molecule has 202 valence electrons. The van der Waals surface area contributed by atoms with Crippen LogP contribution in [0, 0.1) is 5.82 Å². The first-order valence-corrected chi connectivity index (χ1v) is 12.1. The Balaban J connectivity index is 1.37. The maximum atomic E-state index is 13.7. The van der Waals surface area contributed by atoms with Gasteiger partial charge < -0.3 is 20.4 Å². The molecule has 2 amide bonds. The van der Waals surface area contributed by atoms with Crippen LogP contribution in [0.3, 0.4) is 0 Å². The smallest absolute Gasteiger partial charge is 0.282 e. The fourth-order valence-corrected chi connectivity index (χ4v) is 4.73. The number of aromatic nitrogens is 3. The first-order chi connectivity index (χ1) is 18.7. The van der Waals surface area contributed by atoms with Crippen molar-refractivity contribution in [3.63, 3.8) is 0 Å². The number of nitrogens with one attached hydrogen (secondary N) is 1. The molecule has 1 aliphatic heterocycles. The van der Waals surface area contributed by atoms with E-state index in [1.54, 1.807) is 30.5 Å². The summed E-state index contributed by atoms with van der Waals surface area (Å²) in [6.07, 6.45) is -0.535. The Morgan fingerprint density at radius 2 is 1.67 bits per heavy atom. The number of carbonyl (C=O) groups is 2. The molecule has 1 aliphatic rings. The SMILES string of the molecule is NC(=O)c1c(-c2ccc(Oc3ccc(F)cc3)cc2)[nH]c2c(C3CCN(C(=O)C(F)=CC(F)F)CC3)cnn12. The summed E-state index contributed by atoms with van der Waals surface area (Å²) in [5, 5.41) is 4.35. The van der Waals surface area contributed by atoms with Gasteiger partial charge in [0.2, 0.25) is 0 Å². The fraction of sp³-hybridized carbons (Fsp3) is 0.222. The van der Waals surface area contributed by atoms with Gasteiger partial charge in [0.05, 0.1) is 11.9 Å². The number of alkyl halides is 2. The van der Waals surface area contributed by atoms with E-state index in [0.29, 0.717) is 41.2 Å². The number of rotatable bonds is 7. The Bertz CT molecular complexity index is 1540. The number of H-pyrrole nitrogens is 1. The lowest BCUT2D eigenvalue weighted by Crippen LogP contribution is -2.38. The number of benzene rings is 2. The molecule has 2 aromatic heterocycles. The fourth-order valence-electron chi connectivity index (χ4n) is 4.73. The highest BCUT2D eigenvalue weighted by Crippen LogP contribution is 2.34. The maximum absolute atomic E-state index is 13.7. The molecule has 39 heavy (non-hydrogen) atoms. The summed E-state index contributed by atoms with van der Waals surface area (Å²) in [6.45, 7) is 0.355. The second-order valence-corrected chi connectivity index (χ2v) is 9.07. The summed E-state index contributed by atoms with van der Waals surface area (Å²) in [4.78, 5) is 29.0. The highest BCUT2D eigenvalue weighted by Gasteiger charge is 2.30. The van der Waals surface area contributed by atoms with Crippen LogP contribution < -0.4 is 10.5 Å². The predicted octanol–water partition coefficient (Wildman–Crippen LogP) is 5.18. The molecule has 0 aliphatic carbocycles. The van der Waals surface area contributed by atoms with Gasteiger partial charge in [0.1, 0.15) is 23.0 Å². The number of fused-ring (bicyclic) bond motifs is 1. The summed E-state index contributed by atoms with van der Waals surface area (Å²) < 4.78 is 58.8. The summed E-state index contributed by atoms with van der Waals surface area (Å²) in [7, 11) is 0. The van der Waals surface area contributed by atoms with Crippen LogP contribution in [0.2, 0.25) is 0 Å². The number of primary amides is 1. The Hall–Kier alpha value is -4.61. The molecule has 0 radical (unpaired) electrons. The van der Waals surface area contributed by atoms with E-state index in [2.05, 4.69) is 10.1 Å². The van der Waals surface area contributed by atoms with Gasteiger partial charge in [0.15, 0.2) is 11.5 Å². The molecule has 3 heterocycles. The molecule has 2 aromatic carbocycles. The number of nitrogens with zero attached hydrogens (tertiary/aromatic N) is 3. The topological polar surface area (TPSA) is 106 Å². The van der Waals surface area contributed by atoms with Gasteiger partial charge in [-0.25, -0.2) is 22.1 Å². The Kier molecular flexibility index (Phi) is 7.09. The van der Waals surface area contributed by atoms with Gasteiger partial charge in [-0.3, -0.25) is 9.59 Å². The van der Waals surface area contributed by atoms with Crippen LogP contribution in [0.15, 0.2) is 66.6 Å². The van der Waals surface area contributed by atoms with Gasteiger partial charge in [0.25, 0.3) is 18.2 Å². The zero-order valence-electron chi connectivity index (χ0n) is 20.4. The third kappa shape index (κ3) is 5.35. The number of piperidine rings is 1. The molecule has 0 bridgehead atoms. The highest BCUT2D eigenvalue weighted by molar-refractivity contribution is 5.98. The highest BCUT2D eigenvalue weighted by atomic mass is 19.3. The van der Waals surface area contributed by atoms with E-state index in [0.717, 1.165) is 5.56 Å². The Labute approximate surface area is 219 Å². The van der Waals surface area contributed by atoms with Crippen LogP contribution in [0.1, 0.15) is 34.8 Å². The Morgan fingerprint density at radius 3 is 2.26 bits per heavy atom. The van der Waals surface area contributed by atoms with Gasteiger partial charge in [-0.1, -0.05) is 0 Å². The summed E-state index contributed by atoms with van der Waals surface area (Å²) in [5.41, 5.74) is 8.28. The van der Waals surface area contributed by atoms with Gasteiger partial charge in [-0.05, 0) is 67.3 Å². The van der Waals surface area contributed by atoms with Crippen LogP contribution in [0.25, 0.3) is 16.9 Å². The zero-order valence-corrected chi connectivity index (χ0v) is 20.4. The summed E-state index contributed by atoms with van der Waals surface area (Å²) in [5.74, 6) is -2.70. The number of hydrogen-bond donors (Lipinski definition) is 2. The average Bonchev–Trinajstić information content (AvgIpc) is 3.49. The third-order valence-corrected chi connectivity index (χ3v) is 6.61. The lowest BCUT2D eigenvalue weighted by Gasteiger charge is -2.31. The molecule has 8 nitrogen and oxygen atoms in total. The van der Waals surface area contributed by atoms with Crippen LogP contribution in [-0.4, -0.2) is 50.8 Å². The van der Waals surface area contributed by atoms with Gasteiger partial charge in [-0.2, -0.15) is 5.10 Å². The number of ether oxygens (including phenoxy) is 1. The minimum atomic E-state index is -3.05. The molecule has 0 atom stereocenters. The van der Waals surface area contributed by atoms with E-state index in [-0.39, 0.29) is 36.6 Å². The van der Waals surface area contributed by atoms with E-state index in [9.17, 15) is 27.2 Å². The van der Waals surface area contributed by atoms with Gasteiger partial charge in [0, 0.05) is 30.3 Å². The molecule has 0 saturated carbocycles. The number of aromatic amines is 1. The molecule has 4 aromatic rings. The lowest BCUT2D eigenvalue weighted by molar-refractivity contribution is -0.129. The van der Waals surface area contributed by atoms with Crippen LogP contribution in [0.5, 0.6) is 11.5 Å². The van der Waals surface area contributed by atoms with Crippen molar-refractivity contribution in [1.29, 1.82) is 0 Å². The molecule has 0 unspecified atom stereocenters. The molecular formula is C27H23F4N5O3. The Morgan fingerprint density at radius 1 is 1.05 bits per heavy atom. The molecule has 1 fully saturated rings. The molecule has 3 N–H and O–H groups in total.